The topological polar surface area (TPSA) is 35.5 Å². The molecule has 3 nitrogen and oxygen atoms in total. The molecule has 1 aromatic carbocycles. The van der Waals surface area contributed by atoms with E-state index in [1.54, 1.807) is 6.07 Å². The Kier molecular flexibility index (Phi) is 5.28. The third kappa shape index (κ3) is 3.31. The van der Waals surface area contributed by atoms with Crippen molar-refractivity contribution in [1.82, 2.24) is 10.2 Å². The number of nitrogens with one attached hydrogen (secondary N) is 1. The summed E-state index contributed by atoms with van der Waals surface area (Å²) in [5.74, 6) is 0.168. The maximum absolute atomic E-state index is 10.3. The Balaban J connectivity index is 2.37. The third-order valence-electron chi connectivity index (χ3n) is 3.43. The van der Waals surface area contributed by atoms with Crippen LogP contribution in [0.5, 0.6) is 5.75 Å². The summed E-state index contributed by atoms with van der Waals surface area (Å²) in [6.45, 7) is 7.67. The summed E-state index contributed by atoms with van der Waals surface area (Å²) in [4.78, 5) is 2.36. The highest BCUT2D eigenvalue weighted by Crippen LogP contribution is 2.41. The predicted octanol–water partition coefficient (Wildman–Crippen LogP) is 3.33. The highest BCUT2D eigenvalue weighted by atomic mass is 79.9. The number of nitrogens with zero attached hydrogens (tertiary/aromatic N) is 1. The number of aromatic hydroxyl groups is 1. The molecule has 1 fully saturated rings. The average molecular weight is 346 g/mol. The lowest BCUT2D eigenvalue weighted by molar-refractivity contribution is 0.171. The van der Waals surface area contributed by atoms with Crippen molar-refractivity contribution in [3.8, 4) is 5.75 Å². The molecule has 1 aliphatic heterocycles. The summed E-state index contributed by atoms with van der Waals surface area (Å²) in [7, 11) is 0. The van der Waals surface area contributed by atoms with Crippen LogP contribution in [0.15, 0.2) is 29.3 Å². The van der Waals surface area contributed by atoms with E-state index in [2.05, 4.69) is 32.7 Å². The molecule has 0 aromatic heterocycles. The van der Waals surface area contributed by atoms with Gasteiger partial charge in [0, 0.05) is 42.3 Å². The molecule has 0 aliphatic carbocycles. The molecule has 0 amide bonds. The minimum Gasteiger partial charge on any atom is -0.506 e. The molecule has 1 aromatic rings. The van der Waals surface area contributed by atoms with Gasteiger partial charge in [-0.1, -0.05) is 33.6 Å². The van der Waals surface area contributed by atoms with Gasteiger partial charge in [-0.2, -0.15) is 0 Å². The van der Waals surface area contributed by atoms with Gasteiger partial charge in [-0.15, -0.1) is 6.58 Å². The molecule has 0 spiro atoms. The van der Waals surface area contributed by atoms with Crippen molar-refractivity contribution in [1.29, 1.82) is 0 Å². The van der Waals surface area contributed by atoms with E-state index in [0.29, 0.717) is 5.02 Å². The standard InChI is InChI=1S/C14H18BrClN2O/c1-2-3-12(18-8-6-17-7-9-18)13-10(15)4-5-11(16)14(13)19/h2,4-5,12,17,19H,1,3,6-9H2/t12-/m0/s1. The van der Waals surface area contributed by atoms with Gasteiger partial charge in [0.2, 0.25) is 0 Å². The van der Waals surface area contributed by atoms with Crippen molar-refractivity contribution in [3.05, 3.63) is 39.8 Å². The number of benzene rings is 1. The number of piperazine rings is 1. The fraction of sp³-hybridized carbons (Fsp3) is 0.429. The summed E-state index contributed by atoms with van der Waals surface area (Å²) in [6, 6.07) is 3.69. The summed E-state index contributed by atoms with van der Waals surface area (Å²) >= 11 is 9.56. The van der Waals surface area contributed by atoms with Gasteiger partial charge in [0.25, 0.3) is 0 Å². The summed E-state index contributed by atoms with van der Waals surface area (Å²) in [6.07, 6.45) is 2.67. The third-order valence-corrected chi connectivity index (χ3v) is 4.43. The van der Waals surface area contributed by atoms with Crippen LogP contribution in [-0.2, 0) is 0 Å². The predicted molar refractivity (Wildman–Crippen MR) is 82.8 cm³/mol. The summed E-state index contributed by atoms with van der Waals surface area (Å²) in [5.41, 5.74) is 0.856. The van der Waals surface area contributed by atoms with E-state index in [1.165, 1.54) is 0 Å². The first-order chi connectivity index (χ1) is 9.15. The van der Waals surface area contributed by atoms with Crippen molar-refractivity contribution in [2.75, 3.05) is 26.2 Å². The Bertz CT molecular complexity index is 461. The maximum atomic E-state index is 10.3. The van der Waals surface area contributed by atoms with Gasteiger partial charge in [-0.3, -0.25) is 4.90 Å². The second-order valence-corrected chi connectivity index (χ2v) is 5.88. The lowest BCUT2D eigenvalue weighted by Gasteiger charge is -2.35. The first-order valence-electron chi connectivity index (χ1n) is 6.37. The molecule has 19 heavy (non-hydrogen) atoms. The van der Waals surface area contributed by atoms with Crippen molar-refractivity contribution in [2.24, 2.45) is 0 Å². The molecule has 0 saturated carbocycles. The van der Waals surface area contributed by atoms with Crippen LogP contribution < -0.4 is 5.32 Å². The van der Waals surface area contributed by atoms with Crippen LogP contribution >= 0.6 is 27.5 Å². The molecule has 0 radical (unpaired) electrons. The number of phenols is 1. The zero-order chi connectivity index (χ0) is 13.8. The van der Waals surface area contributed by atoms with E-state index in [4.69, 9.17) is 11.6 Å². The first kappa shape index (κ1) is 14.9. The Morgan fingerprint density at radius 1 is 1.47 bits per heavy atom. The van der Waals surface area contributed by atoms with Gasteiger partial charge in [0.1, 0.15) is 5.75 Å². The largest absolute Gasteiger partial charge is 0.506 e. The van der Waals surface area contributed by atoms with Gasteiger partial charge in [0.05, 0.1) is 5.02 Å². The van der Waals surface area contributed by atoms with Crippen molar-refractivity contribution in [3.63, 3.8) is 0 Å². The normalized spacial score (nSPS) is 18.2. The van der Waals surface area contributed by atoms with Gasteiger partial charge in [-0.25, -0.2) is 0 Å². The van der Waals surface area contributed by atoms with E-state index in [0.717, 1.165) is 42.6 Å². The fourth-order valence-electron chi connectivity index (χ4n) is 2.47. The van der Waals surface area contributed by atoms with E-state index in [1.807, 2.05) is 12.1 Å². The van der Waals surface area contributed by atoms with Crippen LogP contribution in [-0.4, -0.2) is 36.2 Å². The van der Waals surface area contributed by atoms with Gasteiger partial charge in [0.15, 0.2) is 0 Å². The van der Waals surface area contributed by atoms with E-state index in [-0.39, 0.29) is 11.8 Å². The quantitative estimate of drug-likeness (QED) is 0.822. The number of rotatable bonds is 4. The van der Waals surface area contributed by atoms with Crippen molar-refractivity contribution in [2.45, 2.75) is 12.5 Å². The number of hydrogen-bond donors (Lipinski definition) is 2. The van der Waals surface area contributed by atoms with Crippen LogP contribution in [0.25, 0.3) is 0 Å². The van der Waals surface area contributed by atoms with E-state index in [9.17, 15) is 5.11 Å². The van der Waals surface area contributed by atoms with Crippen LogP contribution in [0.4, 0.5) is 0 Å². The highest BCUT2D eigenvalue weighted by Gasteiger charge is 2.26. The molecule has 104 valence electrons. The molecule has 1 saturated heterocycles. The lowest BCUT2D eigenvalue weighted by atomic mass is 10.00. The highest BCUT2D eigenvalue weighted by molar-refractivity contribution is 9.10. The minimum atomic E-state index is 0.104. The van der Waals surface area contributed by atoms with E-state index >= 15 is 0 Å². The van der Waals surface area contributed by atoms with Crippen LogP contribution in [0.2, 0.25) is 5.02 Å². The SMILES string of the molecule is C=CC[C@@H](c1c(Br)ccc(Cl)c1O)N1CCNCC1. The molecule has 1 aliphatic rings. The Morgan fingerprint density at radius 3 is 2.79 bits per heavy atom. The van der Waals surface area contributed by atoms with Crippen molar-refractivity contribution < 1.29 is 5.11 Å². The molecule has 5 heteroatoms. The number of halogens is 2. The Labute approximate surface area is 127 Å². The van der Waals surface area contributed by atoms with Gasteiger partial charge in [-0.05, 0) is 18.6 Å². The monoisotopic (exact) mass is 344 g/mol. The zero-order valence-corrected chi connectivity index (χ0v) is 13.0. The van der Waals surface area contributed by atoms with Gasteiger partial charge >= 0.3 is 0 Å². The molecular weight excluding hydrogens is 328 g/mol. The van der Waals surface area contributed by atoms with E-state index < -0.39 is 0 Å². The molecule has 1 atom stereocenters. The molecule has 1 heterocycles. The number of phenolic OH excluding ortho intramolecular Hbond substituents is 1. The van der Waals surface area contributed by atoms with Crippen molar-refractivity contribution >= 4 is 27.5 Å². The molecule has 2 rings (SSSR count). The molecule has 0 unspecified atom stereocenters. The van der Waals surface area contributed by atoms with Gasteiger partial charge < -0.3 is 10.4 Å². The minimum absolute atomic E-state index is 0.104. The first-order valence-corrected chi connectivity index (χ1v) is 7.54. The number of hydrogen-bond acceptors (Lipinski definition) is 3. The summed E-state index contributed by atoms with van der Waals surface area (Å²) in [5, 5.41) is 14.0. The molecule has 2 N–H and O–H groups in total. The molecule has 0 bridgehead atoms. The Hall–Kier alpha value is -0.550. The second kappa shape index (κ2) is 6.75. The Morgan fingerprint density at radius 2 is 2.16 bits per heavy atom. The maximum Gasteiger partial charge on any atom is 0.140 e. The smallest absolute Gasteiger partial charge is 0.140 e. The van der Waals surface area contributed by atoms with Crippen LogP contribution in [0.1, 0.15) is 18.0 Å². The molecular formula is C14H18BrClN2O. The average Bonchev–Trinajstić information content (AvgIpc) is 2.43. The lowest BCUT2D eigenvalue weighted by Crippen LogP contribution is -2.45. The fourth-order valence-corrected chi connectivity index (χ4v) is 3.22. The van der Waals surface area contributed by atoms with Crippen LogP contribution in [0.3, 0.4) is 0 Å². The van der Waals surface area contributed by atoms with Crippen LogP contribution in [0, 0.1) is 0 Å². The second-order valence-electron chi connectivity index (χ2n) is 4.62. The summed E-state index contributed by atoms with van der Waals surface area (Å²) < 4.78 is 0.889. The zero-order valence-electron chi connectivity index (χ0n) is 10.7.